The number of halogens is 2. The zero-order valence-electron chi connectivity index (χ0n) is 20.5. The molecule has 0 radical (unpaired) electrons. The van der Waals surface area contributed by atoms with E-state index < -0.39 is 17.8 Å². The molecule has 1 amide bonds. The van der Waals surface area contributed by atoms with Gasteiger partial charge in [-0.3, -0.25) is 4.79 Å². The lowest BCUT2D eigenvalue weighted by molar-refractivity contribution is -0.133. The number of hydrogen-bond acceptors (Lipinski definition) is 7. The quantitative estimate of drug-likeness (QED) is 0.608. The Bertz CT molecular complexity index is 1090. The highest BCUT2D eigenvalue weighted by Crippen LogP contribution is 2.42. The average molecular weight is 518 g/mol. The van der Waals surface area contributed by atoms with Crippen LogP contribution in [-0.2, 0) is 9.53 Å². The van der Waals surface area contributed by atoms with E-state index in [4.69, 9.17) is 16.3 Å². The fourth-order valence-corrected chi connectivity index (χ4v) is 5.77. The molecule has 0 saturated carbocycles. The first-order valence-corrected chi connectivity index (χ1v) is 13.1. The number of hydrogen-bond donors (Lipinski definition) is 2. The number of benzene rings is 1. The number of carbonyl (C=O) groups excluding carboxylic acids is 1. The monoisotopic (exact) mass is 517 g/mol. The summed E-state index contributed by atoms with van der Waals surface area (Å²) >= 11 is 5.99. The third-order valence-electron chi connectivity index (χ3n) is 7.64. The molecule has 194 valence electrons. The Labute approximate surface area is 215 Å². The molecule has 2 aromatic rings. The Morgan fingerprint density at radius 1 is 1.25 bits per heavy atom. The highest BCUT2D eigenvalue weighted by Gasteiger charge is 2.35. The number of anilines is 1. The van der Waals surface area contributed by atoms with Gasteiger partial charge in [0.15, 0.2) is 0 Å². The van der Waals surface area contributed by atoms with Gasteiger partial charge in [0.1, 0.15) is 18.0 Å². The van der Waals surface area contributed by atoms with Crippen LogP contribution in [0.25, 0.3) is 0 Å². The fraction of sp³-hybridized carbons (Fsp3) is 0.577. The molecule has 1 aliphatic carbocycles. The predicted molar refractivity (Wildman–Crippen MR) is 135 cm³/mol. The van der Waals surface area contributed by atoms with Gasteiger partial charge in [-0.2, -0.15) is 0 Å². The van der Waals surface area contributed by atoms with Crippen molar-refractivity contribution in [2.45, 2.75) is 50.2 Å². The van der Waals surface area contributed by atoms with E-state index in [1.807, 2.05) is 4.90 Å². The number of nitrogens with zero attached hydrogens (tertiary/aromatic N) is 4. The molecule has 8 nitrogen and oxygen atoms in total. The number of carbonyl (C=O) groups is 1. The van der Waals surface area contributed by atoms with Crippen LogP contribution < -0.4 is 10.2 Å². The molecular formula is C26H33ClFN5O3. The third kappa shape index (κ3) is 5.20. The molecule has 0 unspecified atom stereocenters. The van der Waals surface area contributed by atoms with Crippen molar-refractivity contribution >= 4 is 23.3 Å². The standard InChI is InChI=1S/C26H33ClFN5O3/c1-16-12-22(34)24-23(16)25(31-15-30-24)32-6-8-33(9-7-32)26(35)20(14-29-18-4-10-36-11-5-18)19-3-2-17(27)13-21(19)28/h2-3,13,15-16,18,20,22,29,34H,4-12,14H2,1H3/t16-,20-,22-/m1/s1. The van der Waals surface area contributed by atoms with Gasteiger partial charge in [-0.25, -0.2) is 14.4 Å². The van der Waals surface area contributed by atoms with Crippen LogP contribution in [-0.4, -0.2) is 77.9 Å². The third-order valence-corrected chi connectivity index (χ3v) is 7.87. The molecule has 1 aromatic heterocycles. The number of aliphatic hydroxyl groups excluding tert-OH is 1. The number of aromatic nitrogens is 2. The minimum atomic E-state index is -0.643. The van der Waals surface area contributed by atoms with E-state index in [-0.39, 0.29) is 17.9 Å². The van der Waals surface area contributed by atoms with Gasteiger partial charge in [-0.1, -0.05) is 24.6 Å². The molecule has 0 bridgehead atoms. The maximum Gasteiger partial charge on any atom is 0.231 e. The molecule has 3 atom stereocenters. The summed E-state index contributed by atoms with van der Waals surface area (Å²) in [6, 6.07) is 4.78. The normalized spacial score (nSPS) is 23.6. The van der Waals surface area contributed by atoms with Gasteiger partial charge >= 0.3 is 0 Å². The van der Waals surface area contributed by atoms with Gasteiger partial charge in [-0.05, 0) is 37.3 Å². The van der Waals surface area contributed by atoms with Crippen LogP contribution in [0.15, 0.2) is 24.5 Å². The fourth-order valence-electron chi connectivity index (χ4n) is 5.61. The highest BCUT2D eigenvalue weighted by molar-refractivity contribution is 6.30. The first kappa shape index (κ1) is 25.3. The molecule has 3 heterocycles. The summed E-state index contributed by atoms with van der Waals surface area (Å²) in [4.78, 5) is 26.5. The van der Waals surface area contributed by atoms with Gasteiger partial charge in [0.25, 0.3) is 0 Å². The summed E-state index contributed by atoms with van der Waals surface area (Å²) in [5, 5.41) is 14.1. The summed E-state index contributed by atoms with van der Waals surface area (Å²) in [5.41, 5.74) is 2.08. The lowest BCUT2D eigenvalue weighted by atomic mass is 9.95. The molecule has 2 aliphatic heterocycles. The SMILES string of the molecule is C[C@@H]1C[C@@H](O)c2ncnc(N3CCN(C(=O)[C@H](CNC4CCOCC4)c4ccc(Cl)cc4F)CC3)c21. The molecule has 1 aromatic carbocycles. The van der Waals surface area contributed by atoms with Crippen LogP contribution in [0.2, 0.25) is 5.02 Å². The minimum absolute atomic E-state index is 0.0906. The molecule has 2 fully saturated rings. The highest BCUT2D eigenvalue weighted by atomic mass is 35.5. The van der Waals surface area contributed by atoms with Crippen molar-refractivity contribution in [3.63, 3.8) is 0 Å². The minimum Gasteiger partial charge on any atom is -0.387 e. The van der Waals surface area contributed by atoms with Crippen molar-refractivity contribution in [2.75, 3.05) is 50.8 Å². The Kier molecular flexibility index (Phi) is 7.71. The molecule has 2 saturated heterocycles. The van der Waals surface area contributed by atoms with E-state index in [9.17, 15) is 14.3 Å². The smallest absolute Gasteiger partial charge is 0.231 e. The number of piperazine rings is 1. The lowest BCUT2D eigenvalue weighted by Crippen LogP contribution is -2.52. The van der Waals surface area contributed by atoms with Crippen molar-refractivity contribution in [1.82, 2.24) is 20.2 Å². The number of ether oxygens (including phenoxy) is 1. The first-order valence-electron chi connectivity index (χ1n) is 12.7. The summed E-state index contributed by atoms with van der Waals surface area (Å²) in [6.45, 7) is 6.07. The Morgan fingerprint density at radius 3 is 2.72 bits per heavy atom. The largest absolute Gasteiger partial charge is 0.387 e. The Morgan fingerprint density at radius 2 is 2.00 bits per heavy atom. The zero-order valence-corrected chi connectivity index (χ0v) is 21.3. The van der Waals surface area contributed by atoms with Gasteiger partial charge < -0.3 is 25.0 Å². The van der Waals surface area contributed by atoms with E-state index in [1.165, 1.54) is 12.4 Å². The van der Waals surface area contributed by atoms with Crippen LogP contribution in [0.1, 0.15) is 60.9 Å². The van der Waals surface area contributed by atoms with Gasteiger partial charge in [0, 0.05) is 68.1 Å². The number of rotatable bonds is 6. The average Bonchev–Trinajstić information content (AvgIpc) is 3.19. The van der Waals surface area contributed by atoms with Crippen molar-refractivity contribution in [1.29, 1.82) is 0 Å². The Hall–Kier alpha value is -2.33. The van der Waals surface area contributed by atoms with Crippen LogP contribution >= 0.6 is 11.6 Å². The van der Waals surface area contributed by atoms with E-state index in [0.29, 0.717) is 68.6 Å². The molecule has 2 N–H and O–H groups in total. The molecule has 5 rings (SSSR count). The second-order valence-electron chi connectivity index (χ2n) is 9.97. The molecular weight excluding hydrogens is 485 g/mol. The van der Waals surface area contributed by atoms with Gasteiger partial charge in [0.05, 0.1) is 17.7 Å². The molecule has 36 heavy (non-hydrogen) atoms. The lowest BCUT2D eigenvalue weighted by Gasteiger charge is -2.38. The van der Waals surface area contributed by atoms with E-state index in [0.717, 1.165) is 24.2 Å². The summed E-state index contributed by atoms with van der Waals surface area (Å²) in [7, 11) is 0. The number of aliphatic hydroxyl groups is 1. The van der Waals surface area contributed by atoms with Crippen molar-refractivity contribution < 1.29 is 19.0 Å². The maximum atomic E-state index is 14.9. The van der Waals surface area contributed by atoms with Crippen LogP contribution in [0, 0.1) is 5.82 Å². The second kappa shape index (κ2) is 11.0. The summed E-state index contributed by atoms with van der Waals surface area (Å²) in [6.07, 6.45) is 3.35. The van der Waals surface area contributed by atoms with E-state index in [2.05, 4.69) is 27.1 Å². The number of amides is 1. The summed E-state index contributed by atoms with van der Waals surface area (Å²) in [5.74, 6) is -0.170. The Balaban J connectivity index is 1.30. The summed E-state index contributed by atoms with van der Waals surface area (Å²) < 4.78 is 20.4. The maximum absolute atomic E-state index is 14.9. The van der Waals surface area contributed by atoms with E-state index in [1.54, 1.807) is 12.1 Å². The van der Waals surface area contributed by atoms with Crippen molar-refractivity contribution in [3.8, 4) is 0 Å². The van der Waals surface area contributed by atoms with Crippen LogP contribution in [0.3, 0.4) is 0 Å². The zero-order chi connectivity index (χ0) is 25.2. The number of fused-ring (bicyclic) bond motifs is 1. The van der Waals surface area contributed by atoms with Crippen LogP contribution in [0.5, 0.6) is 0 Å². The van der Waals surface area contributed by atoms with Gasteiger partial charge in [-0.15, -0.1) is 0 Å². The second-order valence-corrected chi connectivity index (χ2v) is 10.4. The van der Waals surface area contributed by atoms with Crippen molar-refractivity contribution in [2.24, 2.45) is 0 Å². The first-order chi connectivity index (χ1) is 17.4. The van der Waals surface area contributed by atoms with Crippen molar-refractivity contribution in [3.05, 3.63) is 52.2 Å². The van der Waals surface area contributed by atoms with Crippen LogP contribution in [0.4, 0.5) is 10.2 Å². The molecule has 0 spiro atoms. The molecule has 3 aliphatic rings. The predicted octanol–water partition coefficient (Wildman–Crippen LogP) is 3.01. The van der Waals surface area contributed by atoms with Gasteiger partial charge in [0.2, 0.25) is 5.91 Å². The molecule has 10 heteroatoms. The van der Waals surface area contributed by atoms with E-state index >= 15 is 0 Å². The number of nitrogens with one attached hydrogen (secondary N) is 1. The topological polar surface area (TPSA) is 90.8 Å².